The van der Waals surface area contributed by atoms with Crippen molar-refractivity contribution in [2.24, 2.45) is 0 Å². The highest BCUT2D eigenvalue weighted by atomic mass is 16.6. The molecule has 0 spiro atoms. The Bertz CT molecular complexity index is 903. The van der Waals surface area contributed by atoms with E-state index in [1.807, 2.05) is 24.4 Å². The van der Waals surface area contributed by atoms with E-state index >= 15 is 0 Å². The number of carbonyl (C=O) groups excluding carboxylic acids is 1. The number of rotatable bonds is 5. The van der Waals surface area contributed by atoms with E-state index in [9.17, 15) is 14.9 Å². The normalized spacial score (nSPS) is 10.7. The number of hydrogen-bond acceptors (Lipinski definition) is 6. The van der Waals surface area contributed by atoms with Crippen molar-refractivity contribution in [2.75, 3.05) is 5.32 Å². The zero-order chi connectivity index (χ0) is 16.4. The highest BCUT2D eigenvalue weighted by Crippen LogP contribution is 2.26. The highest BCUT2D eigenvalue weighted by molar-refractivity contribution is 5.95. The largest absolute Gasteiger partial charge is 0.372 e. The summed E-state index contributed by atoms with van der Waals surface area (Å²) in [6.07, 6.45) is 1.82. The van der Waals surface area contributed by atoms with E-state index < -0.39 is 4.92 Å². The molecule has 1 N–H and O–H groups in total. The molecule has 3 aromatic rings. The molecular weight excluding hydrogens is 298 g/mol. The van der Waals surface area contributed by atoms with Crippen molar-refractivity contribution in [2.45, 2.75) is 13.5 Å². The first-order chi connectivity index (χ1) is 11.1. The third-order valence-electron chi connectivity index (χ3n) is 3.42. The van der Waals surface area contributed by atoms with Crippen molar-refractivity contribution >= 4 is 22.8 Å². The van der Waals surface area contributed by atoms with E-state index in [1.54, 1.807) is 10.5 Å². The predicted molar refractivity (Wildman–Crippen MR) is 83.4 cm³/mol. The van der Waals surface area contributed by atoms with Gasteiger partial charge in [-0.2, -0.15) is 0 Å². The Kier molecular flexibility index (Phi) is 3.71. The summed E-state index contributed by atoms with van der Waals surface area (Å²) in [5.41, 5.74) is 1.18. The van der Waals surface area contributed by atoms with Gasteiger partial charge in [0.15, 0.2) is 17.3 Å². The molecule has 0 aliphatic rings. The molecule has 2 aromatic heterocycles. The Hall–Kier alpha value is -3.29. The second-order valence-corrected chi connectivity index (χ2v) is 4.94. The van der Waals surface area contributed by atoms with Gasteiger partial charge in [0.05, 0.1) is 11.5 Å². The molecular formula is C15H13N5O3. The molecule has 3 rings (SSSR count). The molecule has 0 aliphatic heterocycles. The van der Waals surface area contributed by atoms with Crippen LogP contribution in [0, 0.1) is 10.1 Å². The molecule has 23 heavy (non-hydrogen) atoms. The molecule has 0 unspecified atom stereocenters. The summed E-state index contributed by atoms with van der Waals surface area (Å²) in [6.45, 7) is 1.64. The van der Waals surface area contributed by atoms with E-state index in [1.165, 1.54) is 19.1 Å². The van der Waals surface area contributed by atoms with Crippen LogP contribution in [0.25, 0.3) is 5.65 Å². The van der Waals surface area contributed by atoms with Crippen molar-refractivity contribution in [1.82, 2.24) is 14.6 Å². The van der Waals surface area contributed by atoms with Crippen LogP contribution in [0.15, 0.2) is 42.6 Å². The first kappa shape index (κ1) is 14.6. The maximum Gasteiger partial charge on any atom is 0.293 e. The minimum atomic E-state index is -0.517. The molecule has 0 fully saturated rings. The minimum Gasteiger partial charge on any atom is -0.372 e. The molecule has 0 atom stereocenters. The fourth-order valence-corrected chi connectivity index (χ4v) is 2.24. The summed E-state index contributed by atoms with van der Waals surface area (Å²) in [5.74, 6) is 0.411. The lowest BCUT2D eigenvalue weighted by molar-refractivity contribution is -0.384. The first-order valence-electron chi connectivity index (χ1n) is 6.88. The number of nitrogens with zero attached hydrogens (tertiary/aromatic N) is 4. The van der Waals surface area contributed by atoms with Gasteiger partial charge in [0.25, 0.3) is 5.69 Å². The van der Waals surface area contributed by atoms with Crippen molar-refractivity contribution in [3.05, 3.63) is 64.1 Å². The number of nitro benzene ring substituents is 1. The molecule has 1 aromatic carbocycles. The average Bonchev–Trinajstić information content (AvgIpc) is 2.95. The van der Waals surface area contributed by atoms with Crippen LogP contribution in [-0.4, -0.2) is 25.3 Å². The smallest absolute Gasteiger partial charge is 0.293 e. The van der Waals surface area contributed by atoms with Gasteiger partial charge in [-0.1, -0.05) is 6.07 Å². The molecule has 2 heterocycles. The predicted octanol–water partition coefficient (Wildman–Crippen LogP) is 2.45. The second kappa shape index (κ2) is 5.84. The summed E-state index contributed by atoms with van der Waals surface area (Å²) in [5, 5.41) is 22.2. The molecule has 8 nitrogen and oxygen atoms in total. The SMILES string of the molecule is CC(=O)c1ccc(NCc2nnc3ccccn23)c([N+](=O)[O-])c1. The quantitative estimate of drug-likeness (QED) is 0.441. The lowest BCUT2D eigenvalue weighted by atomic mass is 10.1. The Labute approximate surface area is 130 Å². The summed E-state index contributed by atoms with van der Waals surface area (Å²) in [6, 6.07) is 9.88. The van der Waals surface area contributed by atoms with Gasteiger partial charge in [-0.15, -0.1) is 10.2 Å². The fourth-order valence-electron chi connectivity index (χ4n) is 2.24. The minimum absolute atomic E-state index is 0.147. The van der Waals surface area contributed by atoms with Gasteiger partial charge in [0.1, 0.15) is 5.69 Å². The zero-order valence-corrected chi connectivity index (χ0v) is 12.3. The summed E-state index contributed by atoms with van der Waals surface area (Å²) >= 11 is 0. The van der Waals surface area contributed by atoms with Crippen LogP contribution in [0.3, 0.4) is 0 Å². The monoisotopic (exact) mass is 311 g/mol. The van der Waals surface area contributed by atoms with Gasteiger partial charge in [-0.25, -0.2) is 0 Å². The maximum atomic E-state index is 11.4. The number of carbonyl (C=O) groups is 1. The van der Waals surface area contributed by atoms with Gasteiger partial charge in [0, 0.05) is 17.8 Å². The van der Waals surface area contributed by atoms with E-state index in [0.29, 0.717) is 22.7 Å². The number of benzene rings is 1. The van der Waals surface area contributed by atoms with Crippen molar-refractivity contribution in [3.8, 4) is 0 Å². The number of ketones is 1. The Morgan fingerprint density at radius 2 is 2.13 bits per heavy atom. The molecule has 116 valence electrons. The molecule has 8 heteroatoms. The van der Waals surface area contributed by atoms with E-state index in [4.69, 9.17) is 0 Å². The molecule has 0 amide bonds. The maximum absolute atomic E-state index is 11.4. The number of hydrogen-bond donors (Lipinski definition) is 1. The Morgan fingerprint density at radius 1 is 1.30 bits per heavy atom. The van der Waals surface area contributed by atoms with E-state index in [-0.39, 0.29) is 18.0 Å². The van der Waals surface area contributed by atoms with Crippen molar-refractivity contribution in [1.29, 1.82) is 0 Å². The molecule has 0 saturated carbocycles. The highest BCUT2D eigenvalue weighted by Gasteiger charge is 2.16. The first-order valence-corrected chi connectivity index (χ1v) is 6.88. The molecule has 0 radical (unpaired) electrons. The topological polar surface area (TPSA) is 102 Å². The Morgan fingerprint density at radius 3 is 2.87 bits per heavy atom. The molecule has 0 aliphatic carbocycles. The molecule has 0 bridgehead atoms. The van der Waals surface area contributed by atoms with E-state index in [2.05, 4.69) is 15.5 Å². The summed E-state index contributed by atoms with van der Waals surface area (Å²) < 4.78 is 1.79. The van der Waals surface area contributed by atoms with E-state index in [0.717, 1.165) is 0 Å². The third-order valence-corrected chi connectivity index (χ3v) is 3.42. The van der Waals surface area contributed by atoms with Crippen molar-refractivity contribution < 1.29 is 9.72 Å². The van der Waals surface area contributed by atoms with Crippen LogP contribution in [0.4, 0.5) is 11.4 Å². The number of nitrogens with one attached hydrogen (secondary N) is 1. The molecule has 0 saturated heterocycles. The second-order valence-electron chi connectivity index (χ2n) is 4.94. The van der Waals surface area contributed by atoms with Crippen LogP contribution in [0.2, 0.25) is 0 Å². The van der Waals surface area contributed by atoms with Crippen molar-refractivity contribution in [3.63, 3.8) is 0 Å². The lowest BCUT2D eigenvalue weighted by Crippen LogP contribution is -2.07. The number of Topliss-reactive ketones (excluding diaryl/α,β-unsaturated/α-hetero) is 1. The van der Waals surface area contributed by atoms with Crippen LogP contribution < -0.4 is 5.32 Å². The number of pyridine rings is 1. The number of anilines is 1. The van der Waals surface area contributed by atoms with Gasteiger partial charge in [-0.05, 0) is 31.2 Å². The average molecular weight is 311 g/mol. The van der Waals surface area contributed by atoms with Crippen LogP contribution in [0.1, 0.15) is 23.1 Å². The summed E-state index contributed by atoms with van der Waals surface area (Å²) in [4.78, 5) is 22.0. The lowest BCUT2D eigenvalue weighted by Gasteiger charge is -2.07. The number of aromatic nitrogens is 3. The number of fused-ring (bicyclic) bond motifs is 1. The van der Waals surface area contributed by atoms with Gasteiger partial charge in [0.2, 0.25) is 0 Å². The Balaban J connectivity index is 1.88. The van der Waals surface area contributed by atoms with Crippen LogP contribution in [-0.2, 0) is 6.54 Å². The fraction of sp³-hybridized carbons (Fsp3) is 0.133. The standard InChI is InChI=1S/C15H13N5O3/c1-10(21)11-5-6-12(13(8-11)20(22)23)16-9-15-18-17-14-4-2-3-7-19(14)15/h2-8,16H,9H2,1H3. The zero-order valence-electron chi connectivity index (χ0n) is 12.3. The van der Waals surface area contributed by atoms with Crippen LogP contribution >= 0.6 is 0 Å². The van der Waals surface area contributed by atoms with Crippen LogP contribution in [0.5, 0.6) is 0 Å². The van der Waals surface area contributed by atoms with Gasteiger partial charge < -0.3 is 5.32 Å². The number of nitro groups is 1. The summed E-state index contributed by atoms with van der Waals surface area (Å²) in [7, 11) is 0. The third kappa shape index (κ3) is 2.86. The van der Waals surface area contributed by atoms with Gasteiger partial charge in [-0.3, -0.25) is 19.3 Å². The van der Waals surface area contributed by atoms with Gasteiger partial charge >= 0.3 is 0 Å².